The van der Waals surface area contributed by atoms with Gasteiger partial charge >= 0.3 is 17.9 Å². The van der Waals surface area contributed by atoms with Gasteiger partial charge in [0.15, 0.2) is 5.82 Å². The zero-order valence-corrected chi connectivity index (χ0v) is 25.8. The van der Waals surface area contributed by atoms with Crippen molar-refractivity contribution in [3.63, 3.8) is 0 Å². The third-order valence-corrected chi connectivity index (χ3v) is 8.51. The summed E-state index contributed by atoms with van der Waals surface area (Å²) in [5.74, 6) is -4.94. The molecule has 0 aromatic carbocycles. The molecule has 0 atom stereocenters. The summed E-state index contributed by atoms with van der Waals surface area (Å²) in [5.41, 5.74) is 0.912. The van der Waals surface area contributed by atoms with Crippen molar-refractivity contribution in [1.82, 2.24) is 19.7 Å². The Kier molecular flexibility index (Phi) is 9.03. The zero-order valence-electron chi connectivity index (χ0n) is 24.8. The van der Waals surface area contributed by atoms with E-state index in [4.69, 9.17) is 9.47 Å². The second kappa shape index (κ2) is 12.0. The second-order valence-corrected chi connectivity index (χ2v) is 18.6. The van der Waals surface area contributed by atoms with Gasteiger partial charge in [-0.1, -0.05) is 25.7 Å². The fourth-order valence-corrected chi connectivity index (χ4v) is 5.10. The van der Waals surface area contributed by atoms with Gasteiger partial charge in [-0.2, -0.15) is 13.9 Å². The molecule has 9 nitrogen and oxygen atoms in total. The molecule has 0 radical (unpaired) electrons. The van der Waals surface area contributed by atoms with Crippen LogP contribution >= 0.6 is 0 Å². The summed E-state index contributed by atoms with van der Waals surface area (Å²) in [6.45, 7) is 13.8. The molecule has 1 aliphatic carbocycles. The van der Waals surface area contributed by atoms with Crippen LogP contribution in [0.4, 0.5) is 19.4 Å². The first-order valence-corrected chi connectivity index (χ1v) is 17.8. The van der Waals surface area contributed by atoms with Gasteiger partial charge in [0.25, 0.3) is 0 Å². The average Bonchev–Trinajstić information content (AvgIpc) is 3.66. The number of nitrogens with one attached hydrogen (secondary N) is 1. The minimum Gasteiger partial charge on any atom is -0.444 e. The fourth-order valence-electron chi connectivity index (χ4n) is 4.34. The van der Waals surface area contributed by atoms with Crippen LogP contribution in [-0.4, -0.2) is 65.0 Å². The first-order chi connectivity index (χ1) is 19.1. The lowest BCUT2D eigenvalue weighted by Crippen LogP contribution is -2.39. The van der Waals surface area contributed by atoms with Crippen molar-refractivity contribution in [2.24, 2.45) is 0 Å². The van der Waals surface area contributed by atoms with Crippen molar-refractivity contribution in [3.8, 4) is 0 Å². The Morgan fingerprint density at radius 3 is 2.51 bits per heavy atom. The molecule has 3 heterocycles. The third-order valence-electron chi connectivity index (χ3n) is 6.80. The van der Waals surface area contributed by atoms with E-state index < -0.39 is 37.2 Å². The molecule has 41 heavy (non-hydrogen) atoms. The van der Waals surface area contributed by atoms with Crippen molar-refractivity contribution in [3.05, 3.63) is 47.4 Å². The van der Waals surface area contributed by atoms with E-state index in [2.05, 4.69) is 35.0 Å². The molecular formula is C29H41F2N5O4Si. The van der Waals surface area contributed by atoms with E-state index in [0.29, 0.717) is 31.2 Å². The maximum atomic E-state index is 15.2. The highest BCUT2D eigenvalue weighted by Gasteiger charge is 2.42. The third kappa shape index (κ3) is 8.45. The number of alkyl halides is 2. The largest absolute Gasteiger partial charge is 0.444 e. The smallest absolute Gasteiger partial charge is 0.410 e. The molecule has 1 N–H and O–H groups in total. The minimum atomic E-state index is -3.83. The van der Waals surface area contributed by atoms with E-state index in [1.165, 1.54) is 12.1 Å². The van der Waals surface area contributed by atoms with E-state index in [1.54, 1.807) is 36.4 Å². The Morgan fingerprint density at radius 2 is 1.90 bits per heavy atom. The second-order valence-electron chi connectivity index (χ2n) is 13.0. The molecular weight excluding hydrogens is 548 g/mol. The topological polar surface area (TPSA) is 98.6 Å². The first kappa shape index (κ1) is 30.8. The number of aromatic nitrogens is 3. The van der Waals surface area contributed by atoms with Gasteiger partial charge in [-0.05, 0) is 63.8 Å². The minimum absolute atomic E-state index is 0.0737. The molecule has 224 valence electrons. The number of halogens is 2. The molecule has 0 saturated heterocycles. The highest BCUT2D eigenvalue weighted by molar-refractivity contribution is 6.76. The molecule has 2 aliphatic rings. The molecule has 4 rings (SSSR count). The Bertz CT molecular complexity index is 1280. The number of amides is 2. The van der Waals surface area contributed by atoms with E-state index in [-0.39, 0.29) is 19.1 Å². The van der Waals surface area contributed by atoms with Crippen LogP contribution in [0.1, 0.15) is 62.9 Å². The van der Waals surface area contributed by atoms with Crippen LogP contribution < -0.4 is 5.32 Å². The van der Waals surface area contributed by atoms with Crippen molar-refractivity contribution in [1.29, 1.82) is 0 Å². The number of hydrogen-bond donors (Lipinski definition) is 1. The average molecular weight is 590 g/mol. The van der Waals surface area contributed by atoms with Crippen LogP contribution in [0.25, 0.3) is 5.57 Å². The molecule has 2 aromatic heterocycles. The van der Waals surface area contributed by atoms with Gasteiger partial charge in [0.2, 0.25) is 0 Å². The number of nitrogens with zero attached hydrogens (tertiary/aromatic N) is 4. The monoisotopic (exact) mass is 589 g/mol. The Hall–Kier alpha value is -3.12. The van der Waals surface area contributed by atoms with Crippen LogP contribution in [0.5, 0.6) is 0 Å². The summed E-state index contributed by atoms with van der Waals surface area (Å²) in [4.78, 5) is 30.9. The molecule has 0 unspecified atom stereocenters. The van der Waals surface area contributed by atoms with Gasteiger partial charge in [0, 0.05) is 50.7 Å². The lowest BCUT2D eigenvalue weighted by Gasteiger charge is -2.30. The molecule has 1 aliphatic heterocycles. The van der Waals surface area contributed by atoms with Gasteiger partial charge in [0.1, 0.15) is 12.3 Å². The van der Waals surface area contributed by atoms with E-state index in [1.807, 2.05) is 6.08 Å². The Balaban J connectivity index is 1.39. The number of pyridine rings is 1. The molecule has 1 saturated carbocycles. The van der Waals surface area contributed by atoms with Crippen LogP contribution in [0, 0.1) is 0 Å². The van der Waals surface area contributed by atoms with E-state index >= 15 is 8.78 Å². The summed E-state index contributed by atoms with van der Waals surface area (Å²) in [5, 5.41) is 6.63. The van der Waals surface area contributed by atoms with E-state index in [0.717, 1.165) is 36.3 Å². The van der Waals surface area contributed by atoms with Crippen LogP contribution in [-0.2, 0) is 26.9 Å². The Morgan fingerprint density at radius 1 is 1.17 bits per heavy atom. The van der Waals surface area contributed by atoms with Gasteiger partial charge in [-0.25, -0.2) is 9.48 Å². The van der Waals surface area contributed by atoms with Gasteiger partial charge < -0.3 is 19.7 Å². The number of ether oxygens (including phenoxy) is 2. The van der Waals surface area contributed by atoms with Gasteiger partial charge in [0.05, 0.1) is 12.2 Å². The van der Waals surface area contributed by atoms with Crippen molar-refractivity contribution in [2.75, 3.05) is 25.0 Å². The highest BCUT2D eigenvalue weighted by atomic mass is 28.3. The first-order valence-electron chi connectivity index (χ1n) is 14.1. The summed E-state index contributed by atoms with van der Waals surface area (Å²) in [6.07, 6.45) is 5.07. The summed E-state index contributed by atoms with van der Waals surface area (Å²) < 4.78 is 43.3. The molecule has 0 bridgehead atoms. The number of rotatable bonds is 10. The summed E-state index contributed by atoms with van der Waals surface area (Å²) in [7, 11) is -1.24. The maximum absolute atomic E-state index is 15.2. The lowest BCUT2D eigenvalue weighted by atomic mass is 10.0. The number of carbonyl (C=O) groups is 2. The Labute approximate surface area is 241 Å². The number of hydrogen-bond acceptors (Lipinski definition) is 6. The van der Waals surface area contributed by atoms with Gasteiger partial charge in [-0.3, -0.25) is 9.78 Å². The quantitative estimate of drug-likeness (QED) is 0.261. The molecule has 2 amide bonds. The zero-order chi connectivity index (χ0) is 30.0. The van der Waals surface area contributed by atoms with Crippen LogP contribution in [0.15, 0.2) is 30.5 Å². The maximum Gasteiger partial charge on any atom is 0.410 e. The van der Waals surface area contributed by atoms with Gasteiger partial charge in [-0.15, -0.1) is 0 Å². The van der Waals surface area contributed by atoms with E-state index in [9.17, 15) is 9.59 Å². The summed E-state index contributed by atoms with van der Waals surface area (Å²) in [6, 6.07) is 5.30. The molecule has 2 aromatic rings. The predicted molar refractivity (Wildman–Crippen MR) is 155 cm³/mol. The standard InChI is InChI=1S/C29H41F2N5O4Si/c1-28(2,3)40-27(38)35-13-7-8-21(18-35)23-12-11-22(17-32-23)29(30,31)26(37)33-25-16-24(20-9-10-20)36(34-25)19-39-14-15-41(4,5)6/h8,11-12,16-17,20H,7,9-10,13-15,18-19H2,1-6H3,(H,33,34,37). The SMILES string of the molecule is CC(C)(C)OC(=O)N1CCC=C(c2ccc(C(F)(F)C(=O)Nc3cc(C4CC4)n(COCC[Si](C)(C)C)n3)cn2)C1. The number of anilines is 1. The number of carbonyl (C=O) groups excluding carboxylic acids is 2. The van der Waals surface area contributed by atoms with Crippen LogP contribution in [0.3, 0.4) is 0 Å². The van der Waals surface area contributed by atoms with Crippen molar-refractivity contribution < 1.29 is 27.8 Å². The molecule has 12 heteroatoms. The normalized spacial score (nSPS) is 16.4. The lowest BCUT2D eigenvalue weighted by molar-refractivity contribution is -0.141. The summed E-state index contributed by atoms with van der Waals surface area (Å²) >= 11 is 0. The van der Waals surface area contributed by atoms with Crippen LogP contribution in [0.2, 0.25) is 25.7 Å². The van der Waals surface area contributed by atoms with Crippen molar-refractivity contribution >= 4 is 31.5 Å². The highest BCUT2D eigenvalue weighted by Crippen LogP contribution is 2.41. The fraction of sp³-hybridized carbons (Fsp3) is 0.586. The molecule has 0 spiro atoms. The van der Waals surface area contributed by atoms with Crippen molar-refractivity contribution in [2.45, 2.75) is 89.9 Å². The predicted octanol–water partition coefficient (Wildman–Crippen LogP) is 6.22. The molecule has 1 fully saturated rings.